The third-order valence-electron chi connectivity index (χ3n) is 4.48. The van der Waals surface area contributed by atoms with Crippen molar-refractivity contribution in [3.63, 3.8) is 0 Å². The van der Waals surface area contributed by atoms with Crippen LogP contribution in [-0.2, 0) is 17.4 Å². The average molecular weight is 344 g/mol. The summed E-state index contributed by atoms with van der Waals surface area (Å²) in [5, 5.41) is 0.286. The summed E-state index contributed by atoms with van der Waals surface area (Å²) in [4.78, 5) is 23.7. The van der Waals surface area contributed by atoms with Crippen molar-refractivity contribution in [3.05, 3.63) is 63.7 Å². The second-order valence-corrected chi connectivity index (χ2v) is 8.32. The molecule has 24 heavy (non-hydrogen) atoms. The fourth-order valence-electron chi connectivity index (χ4n) is 3.42. The van der Waals surface area contributed by atoms with E-state index in [0.29, 0.717) is 12.0 Å². The van der Waals surface area contributed by atoms with Crippen LogP contribution in [0.25, 0.3) is 0 Å². The lowest BCUT2D eigenvalue weighted by Crippen LogP contribution is -2.20. The zero-order valence-electron chi connectivity index (χ0n) is 15.0. The molecule has 0 radical (unpaired) electrons. The van der Waals surface area contributed by atoms with Crippen LogP contribution < -0.4 is 5.30 Å². The normalized spacial score (nSPS) is 13.6. The van der Waals surface area contributed by atoms with E-state index in [2.05, 4.69) is 0 Å². The molecule has 0 fully saturated rings. The first-order valence-corrected chi connectivity index (χ1v) is 9.96. The molecule has 128 valence electrons. The Kier molecular flexibility index (Phi) is 5.47. The molecular formula is C20H25O3P. The molecule has 1 N–H and O–H groups in total. The zero-order valence-corrected chi connectivity index (χ0v) is 15.9. The van der Waals surface area contributed by atoms with Crippen molar-refractivity contribution in [3.8, 4) is 0 Å². The summed E-state index contributed by atoms with van der Waals surface area (Å²) >= 11 is 0. The van der Waals surface area contributed by atoms with Crippen LogP contribution in [0.3, 0.4) is 0 Å². The van der Waals surface area contributed by atoms with Gasteiger partial charge in [-0.1, -0.05) is 43.7 Å². The molecule has 0 aliphatic carbocycles. The number of carbonyl (C=O) groups is 1. The Morgan fingerprint density at radius 3 is 2.12 bits per heavy atom. The van der Waals surface area contributed by atoms with Gasteiger partial charge in [-0.25, -0.2) is 0 Å². The second-order valence-electron chi connectivity index (χ2n) is 6.28. The Labute approximate surface area is 144 Å². The first kappa shape index (κ1) is 18.6. The Hall–Kier alpha value is -1.70. The van der Waals surface area contributed by atoms with E-state index < -0.39 is 12.9 Å². The SMILES string of the molecule is CCc1cccc(P(=O)(O)C(=O)c2c(C)cc(C)cc2C)c1CC. The van der Waals surface area contributed by atoms with Gasteiger partial charge in [0.2, 0.25) is 0 Å². The van der Waals surface area contributed by atoms with Crippen molar-refractivity contribution < 1.29 is 14.3 Å². The largest absolute Gasteiger partial charge is 0.336 e. The molecular weight excluding hydrogens is 319 g/mol. The highest BCUT2D eigenvalue weighted by Gasteiger charge is 2.36. The topological polar surface area (TPSA) is 54.4 Å². The van der Waals surface area contributed by atoms with Gasteiger partial charge in [0.15, 0.2) is 0 Å². The molecule has 0 amide bonds. The first-order valence-electron chi connectivity index (χ1n) is 8.30. The van der Waals surface area contributed by atoms with Gasteiger partial charge in [0.25, 0.3) is 12.9 Å². The van der Waals surface area contributed by atoms with Crippen molar-refractivity contribution in [1.82, 2.24) is 0 Å². The van der Waals surface area contributed by atoms with Gasteiger partial charge in [-0.2, -0.15) is 0 Å². The maximum atomic E-state index is 13.2. The van der Waals surface area contributed by atoms with Crippen LogP contribution in [0.4, 0.5) is 0 Å². The van der Waals surface area contributed by atoms with Crippen LogP contribution in [0.1, 0.15) is 52.0 Å². The molecule has 0 bridgehead atoms. The van der Waals surface area contributed by atoms with E-state index >= 15 is 0 Å². The van der Waals surface area contributed by atoms with E-state index in [1.165, 1.54) is 0 Å². The summed E-state index contributed by atoms with van der Waals surface area (Å²) in [6.45, 7) is 9.54. The quantitative estimate of drug-likeness (QED) is 0.814. The van der Waals surface area contributed by atoms with Crippen molar-refractivity contribution in [2.24, 2.45) is 0 Å². The molecule has 2 aromatic rings. The third kappa shape index (κ3) is 3.24. The summed E-state index contributed by atoms with van der Waals surface area (Å²) < 4.78 is 13.2. The Morgan fingerprint density at radius 2 is 1.62 bits per heavy atom. The number of benzene rings is 2. The fraction of sp³-hybridized carbons (Fsp3) is 0.350. The van der Waals surface area contributed by atoms with E-state index in [-0.39, 0.29) is 5.30 Å². The van der Waals surface area contributed by atoms with Crippen LogP contribution in [0.15, 0.2) is 30.3 Å². The summed E-state index contributed by atoms with van der Waals surface area (Å²) in [5.41, 5.74) is 4.08. The minimum atomic E-state index is -4.16. The average Bonchev–Trinajstić information content (AvgIpc) is 2.52. The minimum absolute atomic E-state index is 0.286. The molecule has 0 saturated carbocycles. The van der Waals surface area contributed by atoms with Crippen LogP contribution in [0.5, 0.6) is 0 Å². The molecule has 0 saturated heterocycles. The molecule has 1 atom stereocenters. The summed E-state index contributed by atoms with van der Waals surface area (Å²) in [5.74, 6) is 0. The predicted octanol–water partition coefficient (Wildman–Crippen LogP) is 4.47. The first-order chi connectivity index (χ1) is 11.2. The molecule has 3 nitrogen and oxygen atoms in total. The molecule has 0 heterocycles. The van der Waals surface area contributed by atoms with Gasteiger partial charge < -0.3 is 4.89 Å². The maximum absolute atomic E-state index is 13.2. The van der Waals surface area contributed by atoms with E-state index in [1.807, 2.05) is 52.8 Å². The predicted molar refractivity (Wildman–Crippen MR) is 99.6 cm³/mol. The summed E-state index contributed by atoms with van der Waals surface area (Å²) in [6, 6.07) is 9.09. The molecule has 0 aromatic heterocycles. The lowest BCUT2D eigenvalue weighted by atomic mass is 10.0. The molecule has 2 aromatic carbocycles. The monoisotopic (exact) mass is 344 g/mol. The highest BCUT2D eigenvalue weighted by molar-refractivity contribution is 7.82. The molecule has 1 unspecified atom stereocenters. The van der Waals surface area contributed by atoms with Crippen LogP contribution >= 0.6 is 7.37 Å². The molecule has 2 rings (SSSR count). The number of rotatable bonds is 5. The zero-order chi connectivity index (χ0) is 18.1. The van der Waals surface area contributed by atoms with Gasteiger partial charge in [0.1, 0.15) is 0 Å². The van der Waals surface area contributed by atoms with Gasteiger partial charge in [-0.3, -0.25) is 9.36 Å². The van der Waals surface area contributed by atoms with Gasteiger partial charge in [0.05, 0.1) is 0 Å². The van der Waals surface area contributed by atoms with Crippen molar-refractivity contribution in [2.75, 3.05) is 0 Å². The number of hydrogen-bond acceptors (Lipinski definition) is 2. The van der Waals surface area contributed by atoms with Gasteiger partial charge in [-0.15, -0.1) is 0 Å². The molecule has 0 aliphatic heterocycles. The van der Waals surface area contributed by atoms with Gasteiger partial charge in [0, 0.05) is 10.9 Å². The maximum Gasteiger partial charge on any atom is 0.298 e. The Morgan fingerprint density at radius 1 is 1.04 bits per heavy atom. The van der Waals surface area contributed by atoms with E-state index in [0.717, 1.165) is 34.2 Å². The lowest BCUT2D eigenvalue weighted by molar-refractivity contribution is 0.106. The Balaban J connectivity index is 2.64. The number of aryl methyl sites for hydroxylation is 4. The van der Waals surface area contributed by atoms with Crippen LogP contribution in [0.2, 0.25) is 0 Å². The molecule has 0 spiro atoms. The standard InChI is InChI=1S/C20H25O3P/c1-6-16-9-8-10-18(17(16)7-2)24(22,23)20(21)19-14(4)11-13(3)12-15(19)5/h8-12H,6-7H2,1-5H3,(H,22,23). The highest BCUT2D eigenvalue weighted by Crippen LogP contribution is 2.46. The van der Waals surface area contributed by atoms with Crippen molar-refractivity contribution >= 4 is 18.2 Å². The molecule has 4 heteroatoms. The second kappa shape index (κ2) is 7.04. The fourth-order valence-corrected chi connectivity index (χ4v) is 5.25. The van der Waals surface area contributed by atoms with Gasteiger partial charge in [-0.05, 0) is 61.9 Å². The number of carbonyl (C=O) groups excluding carboxylic acids is 1. The molecule has 0 aliphatic rings. The summed E-state index contributed by atoms with van der Waals surface area (Å²) in [6.07, 6.45) is 1.40. The minimum Gasteiger partial charge on any atom is -0.336 e. The van der Waals surface area contributed by atoms with E-state index in [9.17, 15) is 14.3 Å². The smallest absolute Gasteiger partial charge is 0.298 e. The van der Waals surface area contributed by atoms with Crippen molar-refractivity contribution in [2.45, 2.75) is 47.5 Å². The number of hydrogen-bond donors (Lipinski definition) is 1. The van der Waals surface area contributed by atoms with Crippen LogP contribution in [0, 0.1) is 20.8 Å². The van der Waals surface area contributed by atoms with Crippen molar-refractivity contribution in [1.29, 1.82) is 0 Å². The lowest BCUT2D eigenvalue weighted by Gasteiger charge is -2.19. The Bertz CT molecular complexity index is 814. The van der Waals surface area contributed by atoms with Gasteiger partial charge >= 0.3 is 0 Å². The van der Waals surface area contributed by atoms with E-state index in [1.54, 1.807) is 12.1 Å². The third-order valence-corrected chi connectivity index (χ3v) is 6.32. The summed E-state index contributed by atoms with van der Waals surface area (Å²) in [7, 11) is -4.16. The van der Waals surface area contributed by atoms with E-state index in [4.69, 9.17) is 0 Å². The van der Waals surface area contributed by atoms with Crippen LogP contribution in [-0.4, -0.2) is 10.4 Å². The highest BCUT2D eigenvalue weighted by atomic mass is 31.2.